The van der Waals surface area contributed by atoms with Gasteiger partial charge in [-0.25, -0.2) is 0 Å². The molecule has 0 aliphatic heterocycles. The third kappa shape index (κ3) is 11.4. The van der Waals surface area contributed by atoms with Gasteiger partial charge in [-0.15, -0.1) is 69.1 Å². The van der Waals surface area contributed by atoms with Crippen LogP contribution in [-0.2, 0) is 39.6 Å². The predicted molar refractivity (Wildman–Crippen MR) is 243 cm³/mol. The molecule has 0 bridgehead atoms. The molecule has 0 saturated carbocycles. The SMILES string of the molecule is C[Si](C)=[Zr]([Cl])[Cl].Cc1cc2c(-c3cc(C(C)(C)C)cc(C(C)(C)C)c3)cccc2[cH-]1.Cc1cc2c(-c3cc(C(C)(C)C)cc(C(C)(C)C)c3)cccc2[cH-]1. The summed E-state index contributed by atoms with van der Waals surface area (Å²) < 4.78 is 0. The second kappa shape index (κ2) is 17.1. The number of rotatable bonds is 2. The van der Waals surface area contributed by atoms with Crippen LogP contribution in [-0.4, -0.2) is 5.43 Å². The van der Waals surface area contributed by atoms with E-state index >= 15 is 0 Å². The molecule has 0 N–H and O–H groups in total. The first-order valence-corrected chi connectivity index (χ1v) is 31.9. The smallest absolute Gasteiger partial charge is 0.0132 e. The Morgan fingerprint density at radius 1 is 0.463 bits per heavy atom. The van der Waals surface area contributed by atoms with Gasteiger partial charge in [-0.05, 0) is 55.0 Å². The molecule has 0 spiro atoms. The molecular weight excluding hydrogens is 791 g/mol. The van der Waals surface area contributed by atoms with Crippen LogP contribution in [0.2, 0.25) is 13.1 Å². The molecule has 6 aromatic rings. The summed E-state index contributed by atoms with van der Waals surface area (Å²) >= 11 is -1.65. The summed E-state index contributed by atoms with van der Waals surface area (Å²) in [6.45, 7) is 36.3. The van der Waals surface area contributed by atoms with Gasteiger partial charge in [0.25, 0.3) is 0 Å². The van der Waals surface area contributed by atoms with Crippen molar-refractivity contribution in [3.05, 3.63) is 130 Å². The molecule has 0 amide bonds. The molecule has 0 radical (unpaired) electrons. The van der Waals surface area contributed by atoms with Crippen LogP contribution in [0.15, 0.2) is 97.1 Å². The molecule has 0 heterocycles. The van der Waals surface area contributed by atoms with Crippen LogP contribution in [0.5, 0.6) is 0 Å². The first-order chi connectivity index (χ1) is 24.8. The molecule has 54 heavy (non-hydrogen) atoms. The molecule has 4 heteroatoms. The van der Waals surface area contributed by atoms with Crippen molar-refractivity contribution in [3.63, 3.8) is 0 Å². The third-order valence-corrected chi connectivity index (χ3v) is 29.9. The third-order valence-electron chi connectivity index (χ3n) is 10.1. The number of halogens is 2. The van der Waals surface area contributed by atoms with Gasteiger partial charge in [0, 0.05) is 0 Å². The molecule has 0 aromatic heterocycles. The van der Waals surface area contributed by atoms with Gasteiger partial charge < -0.3 is 0 Å². The standard InChI is InChI=1S/2C24H29.C2H6Si.2ClH.Zr/c2*1-16-11-17-9-8-10-21(22(17)12-16)18-13-19(23(2,3)4)15-20(14-18)24(5,6)7;1-3-2;;;/h2*8-15H,1-7H3;1-2H3;2*1H;/q2*-1;;;;+2/p-2. The minimum Gasteiger partial charge on any atom is -0.165 e. The Labute approximate surface area is 343 Å². The first-order valence-electron chi connectivity index (χ1n) is 19.4. The summed E-state index contributed by atoms with van der Waals surface area (Å²) in [5, 5.41) is 5.40. The minimum atomic E-state index is -1.65. The van der Waals surface area contributed by atoms with E-state index in [4.69, 9.17) is 17.0 Å². The van der Waals surface area contributed by atoms with Crippen molar-refractivity contribution in [1.29, 1.82) is 0 Å². The van der Waals surface area contributed by atoms with E-state index in [2.05, 4.69) is 207 Å². The molecule has 288 valence electrons. The van der Waals surface area contributed by atoms with Gasteiger partial charge in [-0.3, -0.25) is 0 Å². The average molecular weight is 855 g/mol. The summed E-state index contributed by atoms with van der Waals surface area (Å²) in [6.07, 6.45) is 0. The van der Waals surface area contributed by atoms with Crippen molar-refractivity contribution in [2.24, 2.45) is 0 Å². The van der Waals surface area contributed by atoms with E-state index in [1.807, 2.05) is 0 Å². The van der Waals surface area contributed by atoms with E-state index in [0.29, 0.717) is 0 Å². The van der Waals surface area contributed by atoms with Crippen LogP contribution in [0, 0.1) is 13.8 Å². The fraction of sp³-hybridized carbons (Fsp3) is 0.400. The Kier molecular flexibility index (Phi) is 14.1. The molecule has 0 nitrogen and oxygen atoms in total. The average Bonchev–Trinajstić information content (AvgIpc) is 3.63. The van der Waals surface area contributed by atoms with Gasteiger partial charge in [0.15, 0.2) is 0 Å². The Morgan fingerprint density at radius 2 is 0.741 bits per heavy atom. The van der Waals surface area contributed by atoms with E-state index in [1.165, 1.54) is 77.2 Å². The quantitative estimate of drug-likeness (QED) is 0.120. The van der Waals surface area contributed by atoms with Gasteiger partial charge in [0.1, 0.15) is 0 Å². The van der Waals surface area contributed by atoms with Crippen LogP contribution in [0.1, 0.15) is 116 Å². The van der Waals surface area contributed by atoms with Crippen LogP contribution in [0.3, 0.4) is 0 Å². The van der Waals surface area contributed by atoms with Crippen molar-refractivity contribution in [1.82, 2.24) is 0 Å². The Morgan fingerprint density at radius 3 is 0.981 bits per heavy atom. The molecule has 0 aliphatic carbocycles. The topological polar surface area (TPSA) is 0 Å². The molecule has 6 rings (SSSR count). The zero-order valence-corrected chi connectivity index (χ0v) is 41.0. The van der Waals surface area contributed by atoms with Crippen molar-refractivity contribution < 1.29 is 18.0 Å². The number of benzene rings is 4. The summed E-state index contributed by atoms with van der Waals surface area (Å²) in [4.78, 5) is 0. The van der Waals surface area contributed by atoms with E-state index < -0.39 is 18.0 Å². The van der Waals surface area contributed by atoms with Crippen LogP contribution >= 0.6 is 17.0 Å². The van der Waals surface area contributed by atoms with Gasteiger partial charge in [-0.2, -0.15) is 12.1 Å². The van der Waals surface area contributed by atoms with E-state index in [9.17, 15) is 0 Å². The molecule has 0 unspecified atom stereocenters. The van der Waals surface area contributed by atoms with Crippen molar-refractivity contribution in [3.8, 4) is 22.3 Å². The first kappa shape index (κ1) is 44.5. The predicted octanol–water partition coefficient (Wildman–Crippen LogP) is 16.4. The second-order valence-electron chi connectivity index (χ2n) is 19.5. The molecule has 6 aromatic carbocycles. The number of aryl methyl sites for hydroxylation is 2. The normalized spacial score (nSPS) is 12.3. The van der Waals surface area contributed by atoms with Crippen molar-refractivity contribution in [2.75, 3.05) is 0 Å². The second-order valence-corrected chi connectivity index (χ2v) is 42.5. The fourth-order valence-electron chi connectivity index (χ4n) is 6.57. The summed E-state index contributed by atoms with van der Waals surface area (Å²) in [5.74, 6) is 0. The molecule has 0 aliphatic rings. The maximum Gasteiger partial charge on any atom is -0.0132 e. The Bertz CT molecular complexity index is 2030. The zero-order valence-electron chi connectivity index (χ0n) is 36.0. The largest absolute Gasteiger partial charge is 0.165 e. The molecule has 0 atom stereocenters. The van der Waals surface area contributed by atoms with E-state index in [1.54, 1.807) is 0 Å². The van der Waals surface area contributed by atoms with Crippen LogP contribution in [0.4, 0.5) is 0 Å². The summed E-state index contributed by atoms with van der Waals surface area (Å²) in [6, 6.07) is 36.8. The van der Waals surface area contributed by atoms with Gasteiger partial charge in [0.05, 0.1) is 0 Å². The van der Waals surface area contributed by atoms with Crippen LogP contribution < -0.4 is 0 Å². The van der Waals surface area contributed by atoms with Crippen molar-refractivity contribution in [2.45, 2.75) is 132 Å². The van der Waals surface area contributed by atoms with Gasteiger partial charge >= 0.3 is 53.5 Å². The maximum atomic E-state index is 5.62. The molecule has 0 saturated heterocycles. The monoisotopic (exact) mass is 852 g/mol. The Hall–Kier alpha value is -2.22. The zero-order chi connectivity index (χ0) is 40.6. The number of hydrogen-bond donors (Lipinski definition) is 0. The van der Waals surface area contributed by atoms with Crippen LogP contribution in [0.25, 0.3) is 43.8 Å². The summed E-state index contributed by atoms with van der Waals surface area (Å²) in [7, 11) is 11.2. The minimum absolute atomic E-state index is 0.145. The van der Waals surface area contributed by atoms with Crippen molar-refractivity contribution >= 4 is 44.0 Å². The van der Waals surface area contributed by atoms with E-state index in [-0.39, 0.29) is 27.1 Å². The fourth-order valence-corrected chi connectivity index (χ4v) is 6.57. The van der Waals surface area contributed by atoms with E-state index in [0.717, 1.165) is 0 Å². The Balaban J connectivity index is 0.000000209. The maximum absolute atomic E-state index is 5.62. The van der Waals surface area contributed by atoms with Gasteiger partial charge in [-0.1, -0.05) is 157 Å². The molecule has 0 fully saturated rings. The number of fused-ring (bicyclic) bond motifs is 2. The van der Waals surface area contributed by atoms with Gasteiger partial charge in [0.2, 0.25) is 0 Å². The summed E-state index contributed by atoms with van der Waals surface area (Å²) in [5.41, 5.74) is 14.0. The molecular formula is C50H64Cl2SiZr-2. The number of hydrogen-bond acceptors (Lipinski definition) is 0.